The fourth-order valence-corrected chi connectivity index (χ4v) is 3.19. The summed E-state index contributed by atoms with van der Waals surface area (Å²) in [6.45, 7) is 4.93. The molecule has 0 radical (unpaired) electrons. The minimum absolute atomic E-state index is 0.00157. The largest absolute Gasteiger partial charge is 0.357 e. The van der Waals surface area contributed by atoms with Crippen LogP contribution in [0, 0.1) is 0 Å². The molecule has 0 fully saturated rings. The van der Waals surface area contributed by atoms with E-state index in [-0.39, 0.29) is 5.91 Å². The lowest BCUT2D eigenvalue weighted by atomic mass is 10.1. The molecule has 0 bridgehead atoms. The summed E-state index contributed by atoms with van der Waals surface area (Å²) in [5.74, 6) is 2.77. The number of amides is 1. The minimum Gasteiger partial charge on any atom is -0.357 e. The minimum atomic E-state index is 0.00157. The van der Waals surface area contributed by atoms with Crippen LogP contribution in [0.25, 0.3) is 0 Å². The van der Waals surface area contributed by atoms with Gasteiger partial charge >= 0.3 is 0 Å². The van der Waals surface area contributed by atoms with Crippen LogP contribution in [0.4, 0.5) is 0 Å². The molecular weight excluding hydrogens is 354 g/mol. The van der Waals surface area contributed by atoms with Crippen molar-refractivity contribution in [3.05, 3.63) is 47.0 Å². The van der Waals surface area contributed by atoms with Gasteiger partial charge in [-0.1, -0.05) is 12.1 Å². The number of hydrogen-bond donors (Lipinski definition) is 2. The molecule has 1 aromatic heterocycles. The number of carbonyl (C=O) groups excluding carboxylic acids is 1. The number of aliphatic imine (C=N–C) groups is 1. The van der Waals surface area contributed by atoms with Gasteiger partial charge in [0.1, 0.15) is 5.82 Å². The van der Waals surface area contributed by atoms with Crippen molar-refractivity contribution >= 4 is 11.9 Å². The summed E-state index contributed by atoms with van der Waals surface area (Å²) in [4.78, 5) is 18.2. The van der Waals surface area contributed by atoms with E-state index in [4.69, 9.17) is 0 Å². The zero-order chi connectivity index (χ0) is 19.9. The number of fused-ring (bicyclic) bond motifs is 1. The van der Waals surface area contributed by atoms with Gasteiger partial charge < -0.3 is 20.1 Å². The third-order valence-electron chi connectivity index (χ3n) is 4.72. The van der Waals surface area contributed by atoms with Crippen LogP contribution < -0.4 is 10.6 Å². The molecule has 150 valence electrons. The number of aryl methyl sites for hydroxylation is 1. The second-order valence-corrected chi connectivity index (χ2v) is 7.09. The molecule has 8 heteroatoms. The summed E-state index contributed by atoms with van der Waals surface area (Å²) in [5, 5.41) is 15.2. The molecule has 1 aromatic carbocycles. The topological polar surface area (TPSA) is 87.4 Å². The lowest BCUT2D eigenvalue weighted by Gasteiger charge is -2.16. The molecule has 1 aliphatic heterocycles. The van der Waals surface area contributed by atoms with Gasteiger partial charge in [-0.3, -0.25) is 4.79 Å². The van der Waals surface area contributed by atoms with Crippen LogP contribution in [-0.2, 0) is 26.1 Å². The van der Waals surface area contributed by atoms with Crippen molar-refractivity contribution in [3.63, 3.8) is 0 Å². The van der Waals surface area contributed by atoms with Gasteiger partial charge in [0.05, 0.1) is 13.1 Å². The van der Waals surface area contributed by atoms with Crippen LogP contribution in [-0.4, -0.2) is 52.2 Å². The van der Waals surface area contributed by atoms with E-state index in [1.54, 1.807) is 19.0 Å². The van der Waals surface area contributed by atoms with Gasteiger partial charge in [-0.15, -0.1) is 10.2 Å². The Morgan fingerprint density at radius 2 is 1.96 bits per heavy atom. The van der Waals surface area contributed by atoms with Crippen molar-refractivity contribution in [2.24, 2.45) is 4.99 Å². The van der Waals surface area contributed by atoms with E-state index in [1.165, 1.54) is 12.8 Å². The molecule has 0 saturated carbocycles. The van der Waals surface area contributed by atoms with Gasteiger partial charge in [-0.05, 0) is 37.5 Å². The van der Waals surface area contributed by atoms with Gasteiger partial charge in [0, 0.05) is 39.2 Å². The fourth-order valence-electron chi connectivity index (χ4n) is 3.19. The molecule has 0 unspecified atom stereocenters. The summed E-state index contributed by atoms with van der Waals surface area (Å²) >= 11 is 0. The molecule has 3 rings (SSSR count). The van der Waals surface area contributed by atoms with Gasteiger partial charge in [0.15, 0.2) is 11.8 Å². The van der Waals surface area contributed by atoms with Crippen molar-refractivity contribution in [1.29, 1.82) is 0 Å². The molecule has 0 atom stereocenters. The van der Waals surface area contributed by atoms with Crippen molar-refractivity contribution in [2.45, 2.75) is 45.8 Å². The number of carbonyl (C=O) groups is 1. The second-order valence-electron chi connectivity index (χ2n) is 7.09. The van der Waals surface area contributed by atoms with Gasteiger partial charge in [-0.25, -0.2) is 4.99 Å². The van der Waals surface area contributed by atoms with Crippen LogP contribution in [0.1, 0.15) is 47.3 Å². The quantitative estimate of drug-likeness (QED) is 0.584. The monoisotopic (exact) mass is 383 g/mol. The summed E-state index contributed by atoms with van der Waals surface area (Å²) < 4.78 is 2.21. The number of benzene rings is 1. The SMILES string of the molecule is CCNC(=NCc1ccc(C(=O)N(C)C)cc1)NCc1nnc2n1CCCC2. The number of nitrogens with zero attached hydrogens (tertiary/aromatic N) is 5. The second kappa shape index (κ2) is 9.34. The predicted molar refractivity (Wildman–Crippen MR) is 109 cm³/mol. The van der Waals surface area contributed by atoms with E-state index in [1.807, 2.05) is 31.2 Å². The van der Waals surface area contributed by atoms with Gasteiger partial charge in [0.25, 0.3) is 5.91 Å². The highest BCUT2D eigenvalue weighted by atomic mass is 16.2. The van der Waals surface area contributed by atoms with Crippen LogP contribution in [0.2, 0.25) is 0 Å². The maximum absolute atomic E-state index is 12.0. The van der Waals surface area contributed by atoms with E-state index in [9.17, 15) is 4.79 Å². The molecular formula is C20H29N7O. The van der Waals surface area contributed by atoms with Crippen LogP contribution in [0.5, 0.6) is 0 Å². The van der Waals surface area contributed by atoms with E-state index < -0.39 is 0 Å². The third kappa shape index (κ3) is 4.88. The Bertz CT molecular complexity index is 824. The Kier molecular flexibility index (Phi) is 6.62. The maximum Gasteiger partial charge on any atom is 0.253 e. The number of rotatable bonds is 6. The summed E-state index contributed by atoms with van der Waals surface area (Å²) in [7, 11) is 3.50. The highest BCUT2D eigenvalue weighted by Crippen LogP contribution is 2.14. The zero-order valence-electron chi connectivity index (χ0n) is 16.9. The third-order valence-corrected chi connectivity index (χ3v) is 4.72. The molecule has 2 heterocycles. The molecule has 2 N–H and O–H groups in total. The summed E-state index contributed by atoms with van der Waals surface area (Å²) in [6, 6.07) is 7.57. The first-order valence-electron chi connectivity index (χ1n) is 9.82. The van der Waals surface area contributed by atoms with E-state index in [0.29, 0.717) is 18.7 Å². The van der Waals surface area contributed by atoms with E-state index >= 15 is 0 Å². The maximum atomic E-state index is 12.0. The summed E-state index contributed by atoms with van der Waals surface area (Å²) in [5.41, 5.74) is 1.73. The van der Waals surface area contributed by atoms with E-state index in [2.05, 4.69) is 30.4 Å². The molecule has 2 aromatic rings. The number of nitrogens with one attached hydrogen (secondary N) is 2. The average molecular weight is 384 g/mol. The predicted octanol–water partition coefficient (Wildman–Crippen LogP) is 1.57. The standard InChI is InChI=1S/C20H29N7O/c1-4-21-20(23-14-18-25-24-17-7-5-6-12-27(17)18)22-13-15-8-10-16(11-9-15)19(28)26(2)3/h8-11H,4-7,12-14H2,1-3H3,(H2,21,22,23). The summed E-state index contributed by atoms with van der Waals surface area (Å²) in [6.07, 6.45) is 3.38. The number of hydrogen-bond acceptors (Lipinski definition) is 4. The first-order chi connectivity index (χ1) is 13.6. The van der Waals surface area contributed by atoms with Crippen molar-refractivity contribution in [3.8, 4) is 0 Å². The highest BCUT2D eigenvalue weighted by molar-refractivity contribution is 5.93. The van der Waals surface area contributed by atoms with Crippen molar-refractivity contribution in [1.82, 2.24) is 30.3 Å². The Morgan fingerprint density at radius 3 is 2.68 bits per heavy atom. The van der Waals surface area contributed by atoms with E-state index in [0.717, 1.165) is 42.7 Å². The normalized spacial score (nSPS) is 13.8. The molecule has 0 saturated heterocycles. The average Bonchev–Trinajstić information content (AvgIpc) is 3.13. The van der Waals surface area contributed by atoms with Crippen molar-refractivity contribution in [2.75, 3.05) is 20.6 Å². The lowest BCUT2D eigenvalue weighted by Crippen LogP contribution is -2.37. The van der Waals surface area contributed by atoms with Crippen LogP contribution in [0.15, 0.2) is 29.3 Å². The Hall–Kier alpha value is -2.90. The smallest absolute Gasteiger partial charge is 0.253 e. The van der Waals surface area contributed by atoms with Gasteiger partial charge in [-0.2, -0.15) is 0 Å². The van der Waals surface area contributed by atoms with Crippen molar-refractivity contribution < 1.29 is 4.79 Å². The Morgan fingerprint density at radius 1 is 1.18 bits per heavy atom. The molecule has 28 heavy (non-hydrogen) atoms. The highest BCUT2D eigenvalue weighted by Gasteiger charge is 2.15. The van der Waals surface area contributed by atoms with Crippen LogP contribution >= 0.6 is 0 Å². The fraction of sp³-hybridized carbons (Fsp3) is 0.500. The molecule has 0 spiro atoms. The zero-order valence-corrected chi connectivity index (χ0v) is 16.9. The first-order valence-corrected chi connectivity index (χ1v) is 9.82. The Labute approximate surface area is 166 Å². The molecule has 1 amide bonds. The number of aromatic nitrogens is 3. The molecule has 8 nitrogen and oxygen atoms in total. The number of guanidine groups is 1. The molecule has 1 aliphatic rings. The lowest BCUT2D eigenvalue weighted by molar-refractivity contribution is 0.0827. The van der Waals surface area contributed by atoms with Crippen LogP contribution in [0.3, 0.4) is 0 Å². The van der Waals surface area contributed by atoms with Gasteiger partial charge in [0.2, 0.25) is 0 Å². The Balaban J connectivity index is 1.61. The molecule has 0 aliphatic carbocycles. The first kappa shape index (κ1) is 19.9.